The molecule has 1 N–H and O–H groups in total. The van der Waals surface area contributed by atoms with E-state index >= 15 is 0 Å². The minimum absolute atomic E-state index is 0.00766. The number of nitrogens with one attached hydrogen (secondary N) is 1. The first-order chi connectivity index (χ1) is 11.5. The van der Waals surface area contributed by atoms with Crippen LogP contribution in [0.1, 0.15) is 5.56 Å². The number of aromatic nitrogens is 1. The van der Waals surface area contributed by atoms with Gasteiger partial charge in [-0.25, -0.2) is 4.98 Å². The summed E-state index contributed by atoms with van der Waals surface area (Å²) in [6.07, 6.45) is 0. The lowest BCUT2D eigenvalue weighted by atomic mass is 10.2. The predicted octanol–water partition coefficient (Wildman–Crippen LogP) is 3.53. The van der Waals surface area contributed by atoms with Gasteiger partial charge in [-0.05, 0) is 25.1 Å². The number of hydrogen-bond donors (Lipinski definition) is 1. The van der Waals surface area contributed by atoms with Crippen molar-refractivity contribution in [3.8, 4) is 5.75 Å². The van der Waals surface area contributed by atoms with E-state index in [0.717, 1.165) is 5.56 Å². The average Bonchev–Trinajstić information content (AvgIpc) is 2.95. The molecule has 3 rings (SSSR count). The Morgan fingerprint density at radius 3 is 2.75 bits per heavy atom. The van der Waals surface area contributed by atoms with Crippen molar-refractivity contribution in [2.24, 2.45) is 0 Å². The number of nitro benzene ring substituents is 1. The summed E-state index contributed by atoms with van der Waals surface area (Å²) in [5.41, 5.74) is 1.70. The molecular weight excluding hydrogens is 330 g/mol. The maximum atomic E-state index is 11.9. The molecule has 2 aromatic carbocycles. The number of rotatable bonds is 5. The molecule has 0 aliphatic rings. The van der Waals surface area contributed by atoms with Gasteiger partial charge < -0.3 is 4.74 Å². The third-order valence-corrected chi connectivity index (χ3v) is 4.15. The molecule has 3 aromatic rings. The molecule has 24 heavy (non-hydrogen) atoms. The van der Waals surface area contributed by atoms with E-state index < -0.39 is 4.92 Å². The Hall–Kier alpha value is -3.00. The number of ether oxygens (including phenoxy) is 1. The lowest BCUT2D eigenvalue weighted by Crippen LogP contribution is -2.19. The van der Waals surface area contributed by atoms with Crippen molar-refractivity contribution in [3.63, 3.8) is 0 Å². The van der Waals surface area contributed by atoms with Gasteiger partial charge in [-0.3, -0.25) is 20.2 Å². The molecule has 0 saturated carbocycles. The smallest absolute Gasteiger partial charge is 0.270 e. The Bertz CT molecular complexity index is 905. The predicted molar refractivity (Wildman–Crippen MR) is 91.6 cm³/mol. The second-order valence-electron chi connectivity index (χ2n) is 5.08. The van der Waals surface area contributed by atoms with Crippen LogP contribution in [0.2, 0.25) is 0 Å². The van der Waals surface area contributed by atoms with Crippen molar-refractivity contribution >= 4 is 38.3 Å². The SMILES string of the molecule is Cc1ccc(OCC(=O)Nc2nc3ccc([N+](=O)[O-])cc3s2)cc1. The summed E-state index contributed by atoms with van der Waals surface area (Å²) in [6, 6.07) is 11.8. The maximum absolute atomic E-state index is 11.9. The molecule has 1 aromatic heterocycles. The van der Waals surface area contributed by atoms with E-state index in [2.05, 4.69) is 10.3 Å². The highest BCUT2D eigenvalue weighted by Crippen LogP contribution is 2.29. The number of hydrogen-bond acceptors (Lipinski definition) is 6. The molecule has 0 radical (unpaired) electrons. The third-order valence-electron chi connectivity index (χ3n) is 3.22. The van der Waals surface area contributed by atoms with Gasteiger partial charge >= 0.3 is 0 Å². The number of non-ortho nitro benzene ring substituents is 1. The van der Waals surface area contributed by atoms with Crippen LogP contribution in [-0.2, 0) is 4.79 Å². The van der Waals surface area contributed by atoms with Crippen molar-refractivity contribution in [1.29, 1.82) is 0 Å². The van der Waals surface area contributed by atoms with Crippen LogP contribution in [0, 0.1) is 17.0 Å². The van der Waals surface area contributed by atoms with Crippen LogP contribution in [0.25, 0.3) is 10.2 Å². The molecule has 1 heterocycles. The minimum atomic E-state index is -0.465. The fourth-order valence-electron chi connectivity index (χ4n) is 2.02. The maximum Gasteiger partial charge on any atom is 0.270 e. The molecule has 7 nitrogen and oxygen atoms in total. The highest BCUT2D eigenvalue weighted by molar-refractivity contribution is 7.22. The molecule has 122 valence electrons. The molecular formula is C16H13N3O4S. The van der Waals surface area contributed by atoms with Crippen LogP contribution in [0.5, 0.6) is 5.75 Å². The number of thiazole rings is 1. The van der Waals surface area contributed by atoms with Crippen LogP contribution in [0.3, 0.4) is 0 Å². The molecule has 0 unspecified atom stereocenters. The quantitative estimate of drug-likeness (QED) is 0.565. The summed E-state index contributed by atoms with van der Waals surface area (Å²) in [4.78, 5) is 26.5. The van der Waals surface area contributed by atoms with Crippen LogP contribution < -0.4 is 10.1 Å². The number of nitrogens with zero attached hydrogens (tertiary/aromatic N) is 2. The standard InChI is InChI=1S/C16H13N3O4S/c1-10-2-5-12(6-3-10)23-9-15(20)18-16-17-13-7-4-11(19(21)22)8-14(13)24-16/h2-8H,9H2,1H3,(H,17,18,20). The van der Waals surface area contributed by atoms with Gasteiger partial charge in [0.2, 0.25) is 0 Å². The first-order valence-electron chi connectivity index (χ1n) is 7.05. The van der Waals surface area contributed by atoms with Crippen molar-refractivity contribution < 1.29 is 14.5 Å². The number of aryl methyl sites for hydroxylation is 1. The molecule has 0 spiro atoms. The van der Waals surface area contributed by atoms with E-state index in [1.165, 1.54) is 23.5 Å². The van der Waals surface area contributed by atoms with E-state index in [1.54, 1.807) is 18.2 Å². The van der Waals surface area contributed by atoms with E-state index in [1.807, 2.05) is 19.1 Å². The fourth-order valence-corrected chi connectivity index (χ4v) is 2.93. The Morgan fingerprint density at radius 1 is 1.29 bits per heavy atom. The minimum Gasteiger partial charge on any atom is -0.484 e. The highest BCUT2D eigenvalue weighted by Gasteiger charge is 2.12. The lowest BCUT2D eigenvalue weighted by Gasteiger charge is -2.05. The molecule has 0 fully saturated rings. The highest BCUT2D eigenvalue weighted by atomic mass is 32.1. The molecule has 0 aliphatic heterocycles. The van der Waals surface area contributed by atoms with Gasteiger partial charge in [-0.2, -0.15) is 0 Å². The van der Waals surface area contributed by atoms with E-state index in [9.17, 15) is 14.9 Å². The van der Waals surface area contributed by atoms with Crippen molar-refractivity contribution in [1.82, 2.24) is 4.98 Å². The number of carbonyl (C=O) groups is 1. The Labute approximate surface area is 141 Å². The fraction of sp³-hybridized carbons (Fsp3) is 0.125. The van der Waals surface area contributed by atoms with Crippen molar-refractivity contribution in [2.75, 3.05) is 11.9 Å². The van der Waals surface area contributed by atoms with E-state index in [4.69, 9.17) is 4.74 Å². The van der Waals surface area contributed by atoms with E-state index in [-0.39, 0.29) is 18.2 Å². The number of benzene rings is 2. The molecule has 0 saturated heterocycles. The number of fused-ring (bicyclic) bond motifs is 1. The largest absolute Gasteiger partial charge is 0.484 e. The zero-order valence-corrected chi connectivity index (χ0v) is 13.5. The van der Waals surface area contributed by atoms with Crippen molar-refractivity contribution in [2.45, 2.75) is 6.92 Å². The number of anilines is 1. The second-order valence-corrected chi connectivity index (χ2v) is 6.11. The summed E-state index contributed by atoms with van der Waals surface area (Å²) < 4.78 is 6.03. The van der Waals surface area contributed by atoms with Gasteiger partial charge in [-0.15, -0.1) is 0 Å². The van der Waals surface area contributed by atoms with Gasteiger partial charge in [0.25, 0.3) is 11.6 Å². The summed E-state index contributed by atoms with van der Waals surface area (Å²) in [5.74, 6) is 0.264. The monoisotopic (exact) mass is 343 g/mol. The number of carbonyl (C=O) groups excluding carboxylic acids is 1. The van der Waals surface area contributed by atoms with Crippen LogP contribution >= 0.6 is 11.3 Å². The topological polar surface area (TPSA) is 94.4 Å². The number of nitro groups is 1. The van der Waals surface area contributed by atoms with Gasteiger partial charge in [-0.1, -0.05) is 29.0 Å². The van der Waals surface area contributed by atoms with Gasteiger partial charge in [0, 0.05) is 12.1 Å². The summed E-state index contributed by atoms with van der Waals surface area (Å²) in [7, 11) is 0. The third kappa shape index (κ3) is 3.66. The Morgan fingerprint density at radius 2 is 2.04 bits per heavy atom. The van der Waals surface area contributed by atoms with Crippen LogP contribution in [-0.4, -0.2) is 22.4 Å². The normalized spacial score (nSPS) is 10.5. The summed E-state index contributed by atoms with van der Waals surface area (Å²) >= 11 is 1.18. The second kappa shape index (κ2) is 6.63. The summed E-state index contributed by atoms with van der Waals surface area (Å²) in [6.45, 7) is 1.83. The molecule has 0 aliphatic carbocycles. The first kappa shape index (κ1) is 15.9. The zero-order chi connectivity index (χ0) is 17.1. The first-order valence-corrected chi connectivity index (χ1v) is 7.87. The van der Waals surface area contributed by atoms with Gasteiger partial charge in [0.05, 0.1) is 15.1 Å². The van der Waals surface area contributed by atoms with Crippen molar-refractivity contribution in [3.05, 3.63) is 58.1 Å². The molecule has 0 bridgehead atoms. The number of amides is 1. The Kier molecular flexibility index (Phi) is 4.39. The molecule has 1 amide bonds. The van der Waals surface area contributed by atoms with Crippen LogP contribution in [0.15, 0.2) is 42.5 Å². The summed E-state index contributed by atoms with van der Waals surface area (Å²) in [5, 5.41) is 13.8. The Balaban J connectivity index is 1.64. The molecule has 8 heteroatoms. The van der Waals surface area contributed by atoms with Gasteiger partial charge in [0.1, 0.15) is 5.75 Å². The zero-order valence-electron chi connectivity index (χ0n) is 12.7. The molecule has 0 atom stereocenters. The lowest BCUT2D eigenvalue weighted by molar-refractivity contribution is -0.384. The average molecular weight is 343 g/mol. The van der Waals surface area contributed by atoms with Gasteiger partial charge in [0.15, 0.2) is 11.7 Å². The van der Waals surface area contributed by atoms with Crippen LogP contribution in [0.4, 0.5) is 10.8 Å². The van der Waals surface area contributed by atoms with E-state index in [0.29, 0.717) is 21.1 Å².